The van der Waals surface area contributed by atoms with Gasteiger partial charge in [0, 0.05) is 6.61 Å². The summed E-state index contributed by atoms with van der Waals surface area (Å²) in [7, 11) is 0. The van der Waals surface area contributed by atoms with Crippen LogP contribution in [-0.2, 0) is 10.9 Å². The molecule has 0 radical (unpaired) electrons. The van der Waals surface area contributed by atoms with E-state index in [0.717, 1.165) is 49.1 Å². The van der Waals surface area contributed by atoms with Gasteiger partial charge < -0.3 is 4.74 Å². The maximum Gasteiger partial charge on any atom is 0.416 e. The second-order valence-corrected chi connectivity index (χ2v) is 6.83. The molecule has 2 aromatic carbocycles. The van der Waals surface area contributed by atoms with Crippen LogP contribution in [0.25, 0.3) is 6.08 Å². The van der Waals surface area contributed by atoms with E-state index in [1.807, 2.05) is 49.1 Å². The lowest BCUT2D eigenvalue weighted by Gasteiger charge is -2.10. The van der Waals surface area contributed by atoms with Crippen LogP contribution >= 0.6 is 0 Å². The first-order chi connectivity index (χ1) is 13.6. The van der Waals surface area contributed by atoms with Crippen molar-refractivity contribution in [2.24, 2.45) is 0 Å². The van der Waals surface area contributed by atoms with E-state index in [9.17, 15) is 13.2 Å². The Balaban J connectivity index is 1.43. The van der Waals surface area contributed by atoms with E-state index in [1.165, 1.54) is 37.8 Å². The summed E-state index contributed by atoms with van der Waals surface area (Å²) in [5.41, 5.74) is 1.29. The summed E-state index contributed by atoms with van der Waals surface area (Å²) in [5.74, 6) is 0. The first-order valence-corrected chi connectivity index (χ1v) is 9.89. The maximum absolute atomic E-state index is 12.5. The van der Waals surface area contributed by atoms with Crippen LogP contribution in [0.2, 0.25) is 0 Å². The molecule has 0 N–H and O–H groups in total. The molecule has 0 atom stereocenters. The van der Waals surface area contributed by atoms with Crippen molar-refractivity contribution in [3.05, 3.63) is 84.0 Å². The van der Waals surface area contributed by atoms with Crippen LogP contribution in [0, 0.1) is 6.61 Å². The number of rotatable bonds is 12. The van der Waals surface area contributed by atoms with Gasteiger partial charge >= 0.3 is 6.18 Å². The van der Waals surface area contributed by atoms with Crippen molar-refractivity contribution in [2.75, 3.05) is 6.61 Å². The summed E-state index contributed by atoms with van der Waals surface area (Å²) in [6, 6.07) is 15.3. The van der Waals surface area contributed by atoms with Crippen LogP contribution in [0.3, 0.4) is 0 Å². The SMILES string of the molecule is FC(F)(F)c1ccc(/C=C/CCCCCCCCO[CH-]c2ccccc2)cc1. The minimum Gasteiger partial charge on any atom is -0.414 e. The average molecular weight is 389 g/mol. The summed E-state index contributed by atoms with van der Waals surface area (Å²) in [6.07, 6.45) is 7.54. The van der Waals surface area contributed by atoms with Crippen LogP contribution in [0.1, 0.15) is 61.6 Å². The number of ether oxygens (including phenoxy) is 1. The highest BCUT2D eigenvalue weighted by Gasteiger charge is 2.29. The number of unbranched alkanes of at least 4 members (excludes halogenated alkanes) is 6. The van der Waals surface area contributed by atoms with Crippen molar-refractivity contribution >= 4 is 6.08 Å². The highest BCUT2D eigenvalue weighted by atomic mass is 19.4. The van der Waals surface area contributed by atoms with Crippen molar-refractivity contribution < 1.29 is 17.9 Å². The predicted molar refractivity (Wildman–Crippen MR) is 109 cm³/mol. The molecule has 0 spiro atoms. The molecule has 0 fully saturated rings. The van der Waals surface area contributed by atoms with Gasteiger partial charge in [0.15, 0.2) is 0 Å². The molecule has 0 saturated heterocycles. The Labute approximate surface area is 166 Å². The molecule has 0 saturated carbocycles. The quantitative estimate of drug-likeness (QED) is 0.267. The van der Waals surface area contributed by atoms with E-state index in [-0.39, 0.29) is 0 Å². The lowest BCUT2D eigenvalue weighted by atomic mass is 10.1. The van der Waals surface area contributed by atoms with E-state index < -0.39 is 11.7 Å². The summed E-state index contributed by atoms with van der Waals surface area (Å²) < 4.78 is 43.1. The molecule has 0 aromatic heterocycles. The molecule has 1 nitrogen and oxygen atoms in total. The van der Waals surface area contributed by atoms with E-state index in [4.69, 9.17) is 4.74 Å². The van der Waals surface area contributed by atoms with E-state index in [0.29, 0.717) is 0 Å². The van der Waals surface area contributed by atoms with E-state index in [1.54, 1.807) is 0 Å². The molecule has 2 aromatic rings. The Kier molecular flexibility index (Phi) is 9.70. The summed E-state index contributed by atoms with van der Waals surface area (Å²) >= 11 is 0. The Hall–Kier alpha value is -2.20. The standard InChI is InChI=1S/C24H28F3O/c25-24(26,27)23-17-15-21(16-18-23)12-8-5-3-1-2-4-6-11-19-28-20-22-13-9-7-10-14-22/h7-10,12-18,20H,1-6,11,19H2/q-1/b12-8+. The number of allylic oxidation sites excluding steroid dienone is 1. The highest BCUT2D eigenvalue weighted by Crippen LogP contribution is 2.29. The summed E-state index contributed by atoms with van der Waals surface area (Å²) in [5, 5.41) is 0. The van der Waals surface area contributed by atoms with Crippen LogP contribution in [0.15, 0.2) is 60.7 Å². The predicted octanol–water partition coefficient (Wildman–Crippen LogP) is 7.68. The number of alkyl halides is 3. The van der Waals surface area contributed by atoms with Crippen LogP contribution in [-0.4, -0.2) is 6.61 Å². The second kappa shape index (κ2) is 12.3. The molecular weight excluding hydrogens is 361 g/mol. The Morgan fingerprint density at radius 2 is 1.43 bits per heavy atom. The Morgan fingerprint density at radius 3 is 2.11 bits per heavy atom. The first-order valence-electron chi connectivity index (χ1n) is 9.89. The number of hydrogen-bond acceptors (Lipinski definition) is 1. The summed E-state index contributed by atoms with van der Waals surface area (Å²) in [4.78, 5) is 0. The van der Waals surface area contributed by atoms with Gasteiger partial charge in [0.05, 0.1) is 5.56 Å². The molecule has 0 amide bonds. The van der Waals surface area contributed by atoms with Gasteiger partial charge in [-0.25, -0.2) is 0 Å². The van der Waals surface area contributed by atoms with Crippen molar-refractivity contribution in [1.82, 2.24) is 0 Å². The van der Waals surface area contributed by atoms with E-state index in [2.05, 4.69) is 0 Å². The Morgan fingerprint density at radius 1 is 0.786 bits per heavy atom. The van der Waals surface area contributed by atoms with Gasteiger partial charge in [-0.1, -0.05) is 62.6 Å². The zero-order valence-corrected chi connectivity index (χ0v) is 16.1. The molecule has 0 aliphatic rings. The van der Waals surface area contributed by atoms with Crippen molar-refractivity contribution in [2.45, 2.75) is 51.1 Å². The highest BCUT2D eigenvalue weighted by molar-refractivity contribution is 5.49. The third kappa shape index (κ3) is 9.14. The largest absolute Gasteiger partial charge is 0.416 e. The van der Waals surface area contributed by atoms with Gasteiger partial charge in [0.25, 0.3) is 0 Å². The topological polar surface area (TPSA) is 9.23 Å². The first kappa shape index (κ1) is 22.1. The van der Waals surface area contributed by atoms with Crippen LogP contribution in [0.5, 0.6) is 0 Å². The van der Waals surface area contributed by atoms with Crippen LogP contribution in [0.4, 0.5) is 13.2 Å². The lowest BCUT2D eigenvalue weighted by Crippen LogP contribution is -2.03. The lowest BCUT2D eigenvalue weighted by molar-refractivity contribution is -0.137. The molecule has 4 heteroatoms. The molecule has 0 aliphatic heterocycles. The maximum atomic E-state index is 12.5. The number of halogens is 3. The van der Waals surface area contributed by atoms with Crippen molar-refractivity contribution in [1.29, 1.82) is 0 Å². The van der Waals surface area contributed by atoms with Crippen LogP contribution < -0.4 is 0 Å². The molecular formula is C24H28F3O-. The van der Waals surface area contributed by atoms with E-state index >= 15 is 0 Å². The summed E-state index contributed by atoms with van der Waals surface area (Å²) in [6.45, 7) is 2.56. The molecule has 0 bridgehead atoms. The number of hydrogen-bond donors (Lipinski definition) is 0. The zero-order valence-electron chi connectivity index (χ0n) is 16.1. The van der Waals surface area contributed by atoms with Gasteiger partial charge in [0.1, 0.15) is 0 Å². The van der Waals surface area contributed by atoms with Gasteiger partial charge in [0.2, 0.25) is 0 Å². The third-order valence-electron chi connectivity index (χ3n) is 4.45. The molecule has 28 heavy (non-hydrogen) atoms. The normalized spacial score (nSPS) is 11.8. The van der Waals surface area contributed by atoms with Crippen molar-refractivity contribution in [3.8, 4) is 0 Å². The fraction of sp³-hybridized carbons (Fsp3) is 0.375. The fourth-order valence-corrected chi connectivity index (χ4v) is 2.84. The minimum absolute atomic E-state index is 0.604. The second-order valence-electron chi connectivity index (χ2n) is 6.83. The molecule has 152 valence electrons. The monoisotopic (exact) mass is 389 g/mol. The van der Waals surface area contributed by atoms with Gasteiger partial charge in [-0.15, -0.1) is 12.1 Å². The zero-order chi connectivity index (χ0) is 20.1. The fourth-order valence-electron chi connectivity index (χ4n) is 2.84. The van der Waals surface area contributed by atoms with Gasteiger partial charge in [-0.05, 0) is 37.0 Å². The number of benzene rings is 2. The van der Waals surface area contributed by atoms with Gasteiger partial charge in [-0.2, -0.15) is 30.9 Å². The Bertz CT molecular complexity index is 675. The minimum atomic E-state index is -4.27. The molecule has 0 aliphatic carbocycles. The molecule has 0 heterocycles. The molecule has 0 unspecified atom stereocenters. The molecule has 2 rings (SSSR count). The smallest absolute Gasteiger partial charge is 0.414 e. The van der Waals surface area contributed by atoms with Crippen molar-refractivity contribution in [3.63, 3.8) is 0 Å². The third-order valence-corrected chi connectivity index (χ3v) is 4.45. The average Bonchev–Trinajstić information content (AvgIpc) is 2.69. The van der Waals surface area contributed by atoms with Gasteiger partial charge in [-0.3, -0.25) is 0 Å².